The van der Waals surface area contributed by atoms with E-state index in [9.17, 15) is 0 Å². The number of allylic oxidation sites excluding steroid dienone is 1. The number of aromatic nitrogens is 1. The van der Waals surface area contributed by atoms with Crippen LogP contribution in [0.4, 0.5) is 0 Å². The topological polar surface area (TPSA) is 45.9 Å². The van der Waals surface area contributed by atoms with Crippen LogP contribution in [0.5, 0.6) is 5.75 Å². The Morgan fingerprint density at radius 1 is 0.862 bits per heavy atom. The van der Waals surface area contributed by atoms with E-state index in [4.69, 9.17) is 10.00 Å². The van der Waals surface area contributed by atoms with Crippen molar-refractivity contribution in [3.8, 4) is 34.2 Å². The van der Waals surface area contributed by atoms with Gasteiger partial charge < -0.3 is 4.74 Å². The number of benzene rings is 2. The second-order valence-electron chi connectivity index (χ2n) is 6.90. The fraction of sp³-hybridized carbons (Fsp3) is 0.231. The summed E-state index contributed by atoms with van der Waals surface area (Å²) in [6.07, 6.45) is 10.8. The van der Waals surface area contributed by atoms with Gasteiger partial charge in [0.1, 0.15) is 5.75 Å². The monoisotopic (exact) mass is 382 g/mol. The second kappa shape index (κ2) is 10.8. The first kappa shape index (κ1) is 20.4. The van der Waals surface area contributed by atoms with E-state index in [2.05, 4.69) is 54.4 Å². The molecule has 0 saturated heterocycles. The van der Waals surface area contributed by atoms with Crippen molar-refractivity contribution in [1.29, 1.82) is 5.26 Å². The zero-order valence-electron chi connectivity index (χ0n) is 16.8. The Balaban J connectivity index is 1.55. The molecular weight excluding hydrogens is 356 g/mol. The highest BCUT2D eigenvalue weighted by molar-refractivity contribution is 5.69. The minimum absolute atomic E-state index is 0.670. The maximum atomic E-state index is 8.91. The third-order valence-electron chi connectivity index (χ3n) is 4.71. The van der Waals surface area contributed by atoms with Gasteiger partial charge in [-0.2, -0.15) is 5.26 Å². The molecule has 146 valence electrons. The van der Waals surface area contributed by atoms with Crippen molar-refractivity contribution in [3.05, 3.63) is 84.6 Å². The lowest BCUT2D eigenvalue weighted by Crippen LogP contribution is -1.96. The zero-order valence-corrected chi connectivity index (χ0v) is 16.8. The average Bonchev–Trinajstić information content (AvgIpc) is 2.79. The Hall–Kier alpha value is -3.38. The molecule has 3 heteroatoms. The van der Waals surface area contributed by atoms with Gasteiger partial charge in [-0.3, -0.25) is 4.98 Å². The third-order valence-corrected chi connectivity index (χ3v) is 4.71. The number of hydrogen-bond donors (Lipinski definition) is 0. The molecule has 0 aliphatic rings. The molecule has 1 aromatic heterocycles. The largest absolute Gasteiger partial charge is 0.492 e. The summed E-state index contributed by atoms with van der Waals surface area (Å²) in [6, 6.07) is 22.0. The van der Waals surface area contributed by atoms with Crippen molar-refractivity contribution in [2.24, 2.45) is 0 Å². The molecule has 0 bridgehead atoms. The van der Waals surface area contributed by atoms with Crippen molar-refractivity contribution in [2.45, 2.75) is 32.6 Å². The summed E-state index contributed by atoms with van der Waals surface area (Å²) in [5.41, 5.74) is 4.86. The molecule has 3 aromatic rings. The maximum Gasteiger partial charge on any atom is 0.137 e. The van der Waals surface area contributed by atoms with Crippen LogP contribution in [0.15, 0.2) is 79.0 Å². The molecular formula is C26H26N2O. The molecule has 0 unspecified atom stereocenters. The van der Waals surface area contributed by atoms with E-state index in [0.29, 0.717) is 12.2 Å². The molecule has 0 atom stereocenters. The predicted molar refractivity (Wildman–Crippen MR) is 119 cm³/mol. The Morgan fingerprint density at radius 3 is 2.14 bits per heavy atom. The van der Waals surface area contributed by atoms with Crippen molar-refractivity contribution >= 4 is 0 Å². The van der Waals surface area contributed by atoms with Crippen LogP contribution >= 0.6 is 0 Å². The second-order valence-corrected chi connectivity index (χ2v) is 6.90. The molecule has 0 fully saturated rings. The summed E-state index contributed by atoms with van der Waals surface area (Å²) >= 11 is 0. The fourth-order valence-electron chi connectivity index (χ4n) is 3.01. The third kappa shape index (κ3) is 6.05. The van der Waals surface area contributed by atoms with Gasteiger partial charge >= 0.3 is 0 Å². The number of pyridine rings is 1. The molecule has 0 aliphatic heterocycles. The fourth-order valence-corrected chi connectivity index (χ4v) is 3.01. The van der Waals surface area contributed by atoms with Crippen molar-refractivity contribution in [2.75, 3.05) is 6.61 Å². The van der Waals surface area contributed by atoms with Crippen molar-refractivity contribution < 1.29 is 4.74 Å². The number of ether oxygens (including phenoxy) is 1. The van der Waals surface area contributed by atoms with Gasteiger partial charge in [0.05, 0.1) is 30.1 Å². The summed E-state index contributed by atoms with van der Waals surface area (Å²) in [7, 11) is 0. The molecule has 0 radical (unpaired) electrons. The molecule has 3 nitrogen and oxygen atoms in total. The van der Waals surface area contributed by atoms with E-state index in [1.807, 2.05) is 36.4 Å². The van der Waals surface area contributed by atoms with E-state index < -0.39 is 0 Å². The summed E-state index contributed by atoms with van der Waals surface area (Å²) in [5.74, 6) is 0.796. The van der Waals surface area contributed by atoms with Gasteiger partial charge in [-0.15, -0.1) is 0 Å². The van der Waals surface area contributed by atoms with Crippen LogP contribution in [-0.2, 0) is 0 Å². The van der Waals surface area contributed by atoms with E-state index in [-0.39, 0.29) is 0 Å². The molecule has 0 amide bonds. The van der Waals surface area contributed by atoms with Crippen LogP contribution in [0.3, 0.4) is 0 Å². The van der Waals surface area contributed by atoms with Gasteiger partial charge in [0.15, 0.2) is 0 Å². The van der Waals surface area contributed by atoms with Gasteiger partial charge in [0.25, 0.3) is 0 Å². The first-order valence-corrected chi connectivity index (χ1v) is 10.1. The Bertz CT molecular complexity index is 950. The van der Waals surface area contributed by atoms with E-state index in [1.165, 1.54) is 12.8 Å². The molecule has 3 rings (SSSR count). The molecule has 0 N–H and O–H groups in total. The van der Waals surface area contributed by atoms with Crippen molar-refractivity contribution in [3.63, 3.8) is 0 Å². The summed E-state index contributed by atoms with van der Waals surface area (Å²) in [4.78, 5) is 4.53. The number of rotatable bonds is 9. The molecule has 0 spiro atoms. The van der Waals surface area contributed by atoms with Crippen LogP contribution in [-0.4, -0.2) is 11.6 Å². The molecule has 29 heavy (non-hydrogen) atoms. The Labute approximate surface area is 173 Å². The van der Waals surface area contributed by atoms with E-state index >= 15 is 0 Å². The first-order chi connectivity index (χ1) is 14.3. The molecule has 0 saturated carbocycles. The van der Waals surface area contributed by atoms with Crippen LogP contribution in [0.25, 0.3) is 22.4 Å². The Morgan fingerprint density at radius 2 is 1.52 bits per heavy atom. The quantitative estimate of drug-likeness (QED) is 0.302. The molecule has 0 aliphatic carbocycles. The number of unbranched alkanes of at least 4 members (excludes halogenated alkanes) is 2. The minimum Gasteiger partial charge on any atom is -0.492 e. The first-order valence-electron chi connectivity index (χ1n) is 10.1. The summed E-state index contributed by atoms with van der Waals surface area (Å²) in [6.45, 7) is 2.88. The highest BCUT2D eigenvalue weighted by Crippen LogP contribution is 2.25. The van der Waals surface area contributed by atoms with Gasteiger partial charge in [-0.1, -0.05) is 68.3 Å². The highest BCUT2D eigenvalue weighted by Gasteiger charge is 2.03. The molecule has 2 aromatic carbocycles. The predicted octanol–water partition coefficient (Wildman–Crippen LogP) is 6.80. The smallest absolute Gasteiger partial charge is 0.137 e. The van der Waals surface area contributed by atoms with Gasteiger partial charge in [0.2, 0.25) is 0 Å². The normalized spacial score (nSPS) is 10.8. The lowest BCUT2D eigenvalue weighted by molar-refractivity contribution is 0.323. The van der Waals surface area contributed by atoms with Crippen LogP contribution in [0.1, 0.15) is 38.2 Å². The minimum atomic E-state index is 0.670. The zero-order chi connectivity index (χ0) is 20.3. The summed E-state index contributed by atoms with van der Waals surface area (Å²) in [5, 5.41) is 8.91. The summed E-state index contributed by atoms with van der Waals surface area (Å²) < 4.78 is 5.76. The number of nitrogens with zero attached hydrogens (tertiary/aromatic N) is 2. The standard InChI is InChI=1S/C26H26N2O/c1-2-3-4-5-6-7-18-29-25-16-17-26(28-20-25)24-14-12-23(13-15-24)22-10-8-21(19-27)9-11-22/h5-6,8-17,20H,2-4,7,18H2,1H3. The van der Waals surface area contributed by atoms with Gasteiger partial charge in [0, 0.05) is 5.56 Å². The molecule has 1 heterocycles. The number of nitriles is 1. The van der Waals surface area contributed by atoms with Gasteiger partial charge in [-0.05, 0) is 48.2 Å². The van der Waals surface area contributed by atoms with Gasteiger partial charge in [-0.25, -0.2) is 0 Å². The maximum absolute atomic E-state index is 8.91. The highest BCUT2D eigenvalue weighted by atomic mass is 16.5. The van der Waals surface area contributed by atoms with E-state index in [0.717, 1.165) is 41.0 Å². The average molecular weight is 383 g/mol. The van der Waals surface area contributed by atoms with Crippen LogP contribution in [0.2, 0.25) is 0 Å². The lowest BCUT2D eigenvalue weighted by Gasteiger charge is -2.07. The van der Waals surface area contributed by atoms with E-state index in [1.54, 1.807) is 6.20 Å². The Kier molecular flexibility index (Phi) is 7.60. The van der Waals surface area contributed by atoms with Crippen molar-refractivity contribution in [1.82, 2.24) is 4.98 Å². The van der Waals surface area contributed by atoms with Crippen LogP contribution in [0, 0.1) is 11.3 Å². The number of hydrogen-bond acceptors (Lipinski definition) is 3. The SMILES string of the molecule is CCCCC=CCCOc1ccc(-c2ccc(-c3ccc(C#N)cc3)cc2)nc1. The lowest BCUT2D eigenvalue weighted by atomic mass is 10.0. The van der Waals surface area contributed by atoms with Crippen LogP contribution < -0.4 is 4.74 Å².